The Kier molecular flexibility index (Phi) is 6.57. The molecule has 0 amide bonds. The molecule has 0 aliphatic carbocycles. The summed E-state index contributed by atoms with van der Waals surface area (Å²) in [4.78, 5) is 0. The Balaban J connectivity index is 1.94. The zero-order valence-electron chi connectivity index (χ0n) is 16.9. The van der Waals surface area contributed by atoms with E-state index in [1.54, 1.807) is 31.4 Å². The number of nitrogens with one attached hydrogen (secondary N) is 1. The summed E-state index contributed by atoms with van der Waals surface area (Å²) in [5.74, 6) is -0.536. The van der Waals surface area contributed by atoms with Gasteiger partial charge in [-0.25, -0.2) is 8.78 Å². The molecule has 0 radical (unpaired) electrons. The molecule has 0 saturated carbocycles. The molecule has 0 unspecified atom stereocenters. The monoisotopic (exact) mass is 393 g/mol. The van der Waals surface area contributed by atoms with Gasteiger partial charge in [0.05, 0.1) is 0 Å². The molecule has 0 atom stereocenters. The van der Waals surface area contributed by atoms with E-state index < -0.39 is 5.72 Å². The molecule has 0 aliphatic rings. The number of methoxy groups -OCH3 is 1. The first kappa shape index (κ1) is 20.9. The van der Waals surface area contributed by atoms with Crippen molar-refractivity contribution >= 4 is 6.08 Å². The topological polar surface area (TPSA) is 21.3 Å². The summed E-state index contributed by atoms with van der Waals surface area (Å²) in [5.41, 5.74) is 4.38. The van der Waals surface area contributed by atoms with Crippen molar-refractivity contribution in [2.24, 2.45) is 0 Å². The van der Waals surface area contributed by atoms with Crippen LogP contribution in [0, 0.1) is 11.6 Å². The highest BCUT2D eigenvalue weighted by Crippen LogP contribution is 2.29. The fourth-order valence-electron chi connectivity index (χ4n) is 2.94. The summed E-state index contributed by atoms with van der Waals surface area (Å²) < 4.78 is 32.0. The molecule has 1 N–H and O–H groups in total. The first-order chi connectivity index (χ1) is 13.9. The lowest BCUT2D eigenvalue weighted by atomic mass is 9.96. The molecule has 29 heavy (non-hydrogen) atoms. The third-order valence-electron chi connectivity index (χ3n) is 4.78. The molecular weight excluding hydrogens is 368 g/mol. The minimum absolute atomic E-state index is 0.268. The van der Waals surface area contributed by atoms with Crippen LogP contribution in [-0.2, 0) is 4.74 Å². The van der Waals surface area contributed by atoms with Gasteiger partial charge in [-0.2, -0.15) is 0 Å². The lowest BCUT2D eigenvalue weighted by Gasteiger charge is -2.23. The Bertz CT molecular complexity index is 913. The Morgan fingerprint density at radius 2 is 1.28 bits per heavy atom. The standard InChI is InChI=1S/C25H25F2NO/c1-25(2,29-3)28-14-4-5-18-15-21(19-6-10-23(26)11-7-19)17-22(16-18)20-8-12-24(27)13-9-20/h4-13,15-17,28H,14H2,1-3H3/b5-4+. The highest BCUT2D eigenvalue weighted by molar-refractivity contribution is 5.77. The van der Waals surface area contributed by atoms with Crippen molar-refractivity contribution in [3.05, 3.63) is 90.0 Å². The first-order valence-corrected chi connectivity index (χ1v) is 9.50. The van der Waals surface area contributed by atoms with Crippen molar-refractivity contribution in [1.82, 2.24) is 5.32 Å². The third-order valence-corrected chi connectivity index (χ3v) is 4.78. The van der Waals surface area contributed by atoms with Crippen LogP contribution in [0.1, 0.15) is 19.4 Å². The molecule has 2 nitrogen and oxygen atoms in total. The van der Waals surface area contributed by atoms with Crippen LogP contribution in [0.5, 0.6) is 0 Å². The molecule has 0 spiro atoms. The maximum atomic E-state index is 13.3. The quantitative estimate of drug-likeness (QED) is 0.477. The van der Waals surface area contributed by atoms with Crippen molar-refractivity contribution in [2.75, 3.05) is 13.7 Å². The summed E-state index contributed by atoms with van der Waals surface area (Å²) in [6, 6.07) is 19.0. The maximum Gasteiger partial charge on any atom is 0.123 e. The zero-order chi connectivity index (χ0) is 20.9. The minimum Gasteiger partial charge on any atom is -0.364 e. The third kappa shape index (κ3) is 5.83. The van der Waals surface area contributed by atoms with Gasteiger partial charge in [0.2, 0.25) is 0 Å². The summed E-state index contributed by atoms with van der Waals surface area (Å²) >= 11 is 0. The fraction of sp³-hybridized carbons (Fsp3) is 0.200. The van der Waals surface area contributed by atoms with E-state index in [-0.39, 0.29) is 11.6 Å². The molecule has 0 heterocycles. The van der Waals surface area contributed by atoms with E-state index in [4.69, 9.17) is 4.74 Å². The predicted molar refractivity (Wildman–Crippen MR) is 115 cm³/mol. The Morgan fingerprint density at radius 1 is 0.793 bits per heavy atom. The lowest BCUT2D eigenvalue weighted by molar-refractivity contribution is -0.00397. The highest BCUT2D eigenvalue weighted by Gasteiger charge is 2.13. The van der Waals surface area contributed by atoms with Crippen molar-refractivity contribution < 1.29 is 13.5 Å². The second kappa shape index (κ2) is 9.12. The lowest BCUT2D eigenvalue weighted by Crippen LogP contribution is -2.40. The van der Waals surface area contributed by atoms with Gasteiger partial charge in [-0.05, 0) is 84.1 Å². The van der Waals surface area contributed by atoms with E-state index in [0.717, 1.165) is 27.8 Å². The Hall–Kier alpha value is -2.82. The number of hydrogen-bond acceptors (Lipinski definition) is 2. The van der Waals surface area contributed by atoms with Gasteiger partial charge < -0.3 is 4.74 Å². The van der Waals surface area contributed by atoms with Crippen molar-refractivity contribution in [1.29, 1.82) is 0 Å². The summed E-state index contributed by atoms with van der Waals surface area (Å²) in [6.45, 7) is 4.57. The fourth-order valence-corrected chi connectivity index (χ4v) is 2.94. The molecule has 4 heteroatoms. The van der Waals surface area contributed by atoms with Crippen LogP contribution in [0.3, 0.4) is 0 Å². The van der Waals surface area contributed by atoms with Gasteiger partial charge in [-0.15, -0.1) is 0 Å². The minimum atomic E-state index is -0.403. The SMILES string of the molecule is COC(C)(C)NC/C=C/c1cc(-c2ccc(F)cc2)cc(-c2ccc(F)cc2)c1. The molecule has 0 fully saturated rings. The number of ether oxygens (including phenoxy) is 1. The summed E-state index contributed by atoms with van der Waals surface area (Å²) in [5, 5.41) is 3.29. The van der Waals surface area contributed by atoms with Crippen molar-refractivity contribution in [3.8, 4) is 22.3 Å². The van der Waals surface area contributed by atoms with Crippen molar-refractivity contribution in [3.63, 3.8) is 0 Å². The Morgan fingerprint density at radius 3 is 1.72 bits per heavy atom. The van der Waals surface area contributed by atoms with Crippen LogP contribution in [0.2, 0.25) is 0 Å². The van der Waals surface area contributed by atoms with Crippen LogP contribution in [0.15, 0.2) is 72.8 Å². The van der Waals surface area contributed by atoms with Gasteiger partial charge in [0.1, 0.15) is 17.4 Å². The largest absolute Gasteiger partial charge is 0.364 e. The second-order valence-corrected chi connectivity index (χ2v) is 7.36. The molecular formula is C25H25F2NO. The molecule has 0 aliphatic heterocycles. The van der Waals surface area contributed by atoms with E-state index in [0.29, 0.717) is 6.54 Å². The van der Waals surface area contributed by atoms with E-state index in [1.807, 2.05) is 32.1 Å². The van der Waals surface area contributed by atoms with Gasteiger partial charge in [0, 0.05) is 13.7 Å². The van der Waals surface area contributed by atoms with E-state index in [1.165, 1.54) is 24.3 Å². The molecule has 3 rings (SSSR count). The number of halogens is 2. The number of benzene rings is 3. The molecule has 150 valence electrons. The highest BCUT2D eigenvalue weighted by atomic mass is 19.1. The van der Waals surface area contributed by atoms with Crippen LogP contribution < -0.4 is 5.32 Å². The van der Waals surface area contributed by atoms with Gasteiger partial charge in [0.15, 0.2) is 0 Å². The molecule has 0 bridgehead atoms. The average Bonchev–Trinajstić information content (AvgIpc) is 2.72. The smallest absolute Gasteiger partial charge is 0.123 e. The van der Waals surface area contributed by atoms with Crippen LogP contribution in [0.25, 0.3) is 28.3 Å². The van der Waals surface area contributed by atoms with E-state index in [9.17, 15) is 8.78 Å². The predicted octanol–water partition coefficient (Wildman–Crippen LogP) is 6.28. The van der Waals surface area contributed by atoms with E-state index >= 15 is 0 Å². The van der Waals surface area contributed by atoms with Crippen LogP contribution in [0.4, 0.5) is 8.78 Å². The Labute approximate surface area is 170 Å². The van der Waals surface area contributed by atoms with Gasteiger partial charge in [-0.1, -0.05) is 36.4 Å². The van der Waals surface area contributed by atoms with Gasteiger partial charge in [-0.3, -0.25) is 5.32 Å². The van der Waals surface area contributed by atoms with Crippen LogP contribution in [-0.4, -0.2) is 19.4 Å². The normalized spacial score (nSPS) is 11.9. The van der Waals surface area contributed by atoms with Gasteiger partial charge in [0.25, 0.3) is 0 Å². The number of rotatable bonds is 7. The van der Waals surface area contributed by atoms with Gasteiger partial charge >= 0.3 is 0 Å². The van der Waals surface area contributed by atoms with Crippen molar-refractivity contribution in [2.45, 2.75) is 19.6 Å². The molecule has 3 aromatic carbocycles. The number of hydrogen-bond donors (Lipinski definition) is 1. The average molecular weight is 393 g/mol. The first-order valence-electron chi connectivity index (χ1n) is 9.50. The summed E-state index contributed by atoms with van der Waals surface area (Å²) in [7, 11) is 1.66. The van der Waals surface area contributed by atoms with Crippen LogP contribution >= 0.6 is 0 Å². The molecule has 0 saturated heterocycles. The van der Waals surface area contributed by atoms with E-state index in [2.05, 4.69) is 17.4 Å². The molecule has 3 aromatic rings. The zero-order valence-corrected chi connectivity index (χ0v) is 16.9. The maximum absolute atomic E-state index is 13.3. The molecule has 0 aromatic heterocycles. The summed E-state index contributed by atoms with van der Waals surface area (Å²) in [6.07, 6.45) is 4.05. The second-order valence-electron chi connectivity index (χ2n) is 7.36.